The third-order valence-electron chi connectivity index (χ3n) is 3.24. The van der Waals surface area contributed by atoms with Gasteiger partial charge in [0, 0.05) is 0 Å². The second-order valence-corrected chi connectivity index (χ2v) is 4.93. The maximum absolute atomic E-state index is 13.1. The lowest BCUT2D eigenvalue weighted by atomic mass is 10.00. The molecule has 0 heterocycles. The quantitative estimate of drug-likeness (QED) is 0.479. The van der Waals surface area contributed by atoms with Crippen molar-refractivity contribution in [2.45, 2.75) is 0 Å². The number of carbonyl (C=O) groups is 1. The molecular formula is C20H17FO3. The first-order chi connectivity index (χ1) is 11.6. The van der Waals surface area contributed by atoms with Crippen LogP contribution in [0.1, 0.15) is 16.7 Å². The Hall–Kier alpha value is -3.14. The van der Waals surface area contributed by atoms with E-state index in [2.05, 4.69) is 0 Å². The Morgan fingerprint density at radius 3 is 2.54 bits per heavy atom. The van der Waals surface area contributed by atoms with E-state index in [1.807, 2.05) is 12.1 Å². The maximum atomic E-state index is 13.1. The van der Waals surface area contributed by atoms with Crippen molar-refractivity contribution < 1.29 is 19.0 Å². The van der Waals surface area contributed by atoms with Gasteiger partial charge in [0.05, 0.1) is 13.4 Å². The molecule has 4 heteroatoms. The molecule has 0 aliphatic carbocycles. The lowest BCUT2D eigenvalue weighted by molar-refractivity contribution is -0.130. The SMILES string of the molecule is CO/C=C(/C(=O)O)c1ccccc1/C=C/C=C/c1cccc(F)c1. The number of benzene rings is 2. The average Bonchev–Trinajstić information content (AvgIpc) is 2.57. The summed E-state index contributed by atoms with van der Waals surface area (Å²) in [5.41, 5.74) is 2.12. The summed E-state index contributed by atoms with van der Waals surface area (Å²) >= 11 is 0. The molecule has 0 atom stereocenters. The molecule has 0 aliphatic rings. The van der Waals surface area contributed by atoms with Crippen molar-refractivity contribution >= 4 is 23.7 Å². The molecule has 24 heavy (non-hydrogen) atoms. The normalized spacial score (nSPS) is 12.0. The average molecular weight is 324 g/mol. The highest BCUT2D eigenvalue weighted by atomic mass is 19.1. The fourth-order valence-corrected chi connectivity index (χ4v) is 2.17. The molecule has 0 bridgehead atoms. The van der Waals surface area contributed by atoms with E-state index in [9.17, 15) is 14.3 Å². The van der Waals surface area contributed by atoms with Gasteiger partial charge in [0.2, 0.25) is 0 Å². The van der Waals surface area contributed by atoms with Crippen LogP contribution in [-0.2, 0) is 9.53 Å². The van der Waals surface area contributed by atoms with Gasteiger partial charge in [-0.2, -0.15) is 0 Å². The molecule has 0 saturated heterocycles. The Labute approximate surface area is 140 Å². The van der Waals surface area contributed by atoms with Gasteiger partial charge in [-0.25, -0.2) is 9.18 Å². The van der Waals surface area contributed by atoms with E-state index in [1.165, 1.54) is 25.5 Å². The largest absolute Gasteiger partial charge is 0.503 e. The lowest BCUT2D eigenvalue weighted by Crippen LogP contribution is -2.02. The second kappa shape index (κ2) is 8.48. The molecule has 0 radical (unpaired) electrons. The standard InChI is InChI=1S/C20H17FO3/c1-24-14-19(20(22)23)18-12-5-4-10-16(18)9-3-2-7-15-8-6-11-17(21)13-15/h2-14H,1H3,(H,22,23)/b7-2+,9-3+,19-14+. The smallest absolute Gasteiger partial charge is 0.339 e. The molecule has 2 aromatic rings. The predicted molar refractivity (Wildman–Crippen MR) is 93.5 cm³/mol. The Morgan fingerprint density at radius 1 is 1.08 bits per heavy atom. The Morgan fingerprint density at radius 2 is 1.83 bits per heavy atom. The fraction of sp³-hybridized carbons (Fsp3) is 0.0500. The van der Waals surface area contributed by atoms with Crippen molar-refractivity contribution in [2.75, 3.05) is 7.11 Å². The zero-order valence-electron chi connectivity index (χ0n) is 13.1. The summed E-state index contributed by atoms with van der Waals surface area (Å²) < 4.78 is 18.0. The Bertz CT molecular complexity index is 804. The van der Waals surface area contributed by atoms with Crippen molar-refractivity contribution in [3.63, 3.8) is 0 Å². The first kappa shape index (κ1) is 17.2. The minimum atomic E-state index is -1.06. The molecule has 0 fully saturated rings. The first-order valence-electron chi connectivity index (χ1n) is 7.28. The number of halogens is 1. The van der Waals surface area contributed by atoms with Crippen LogP contribution in [-0.4, -0.2) is 18.2 Å². The van der Waals surface area contributed by atoms with Gasteiger partial charge in [0.15, 0.2) is 0 Å². The Balaban J connectivity index is 2.24. The van der Waals surface area contributed by atoms with Crippen LogP contribution in [0.4, 0.5) is 4.39 Å². The second-order valence-electron chi connectivity index (χ2n) is 4.93. The van der Waals surface area contributed by atoms with Crippen LogP contribution in [0.25, 0.3) is 17.7 Å². The summed E-state index contributed by atoms with van der Waals surface area (Å²) in [6.45, 7) is 0. The number of methoxy groups -OCH3 is 1. The topological polar surface area (TPSA) is 46.5 Å². The number of carboxylic acid groups (broad SMARTS) is 1. The van der Waals surface area contributed by atoms with Crippen LogP contribution < -0.4 is 0 Å². The summed E-state index contributed by atoms with van der Waals surface area (Å²) in [6.07, 6.45) is 8.31. The number of carboxylic acids is 1. The van der Waals surface area contributed by atoms with E-state index in [1.54, 1.807) is 48.6 Å². The number of hydrogen-bond acceptors (Lipinski definition) is 2. The highest BCUT2D eigenvalue weighted by molar-refractivity contribution is 6.16. The van der Waals surface area contributed by atoms with E-state index in [4.69, 9.17) is 4.74 Å². The first-order valence-corrected chi connectivity index (χ1v) is 7.28. The monoisotopic (exact) mass is 324 g/mol. The third kappa shape index (κ3) is 4.68. The van der Waals surface area contributed by atoms with Gasteiger partial charge in [-0.05, 0) is 28.8 Å². The van der Waals surface area contributed by atoms with Crippen LogP contribution >= 0.6 is 0 Å². The van der Waals surface area contributed by atoms with E-state index in [-0.39, 0.29) is 11.4 Å². The number of ether oxygens (including phenoxy) is 1. The summed E-state index contributed by atoms with van der Waals surface area (Å²) in [4.78, 5) is 11.4. The predicted octanol–water partition coefficient (Wildman–Crippen LogP) is 4.62. The molecule has 0 amide bonds. The summed E-state index contributed by atoms with van der Waals surface area (Å²) in [6, 6.07) is 13.4. The van der Waals surface area contributed by atoms with E-state index in [0.29, 0.717) is 5.56 Å². The van der Waals surface area contributed by atoms with Gasteiger partial charge in [0.25, 0.3) is 0 Å². The molecule has 0 saturated carbocycles. The van der Waals surface area contributed by atoms with Crippen molar-refractivity contribution in [2.24, 2.45) is 0 Å². The zero-order valence-corrected chi connectivity index (χ0v) is 13.1. The molecule has 0 aromatic heterocycles. The molecule has 0 unspecified atom stereocenters. The molecule has 0 spiro atoms. The number of allylic oxidation sites excluding steroid dienone is 2. The maximum Gasteiger partial charge on any atom is 0.339 e. The van der Waals surface area contributed by atoms with Gasteiger partial charge < -0.3 is 9.84 Å². The van der Waals surface area contributed by atoms with E-state index < -0.39 is 5.97 Å². The van der Waals surface area contributed by atoms with Gasteiger partial charge in [-0.1, -0.05) is 60.7 Å². The van der Waals surface area contributed by atoms with Crippen molar-refractivity contribution in [3.05, 3.63) is 89.5 Å². The molecule has 0 aliphatic heterocycles. The molecule has 122 valence electrons. The van der Waals surface area contributed by atoms with Crippen LogP contribution in [0.3, 0.4) is 0 Å². The van der Waals surface area contributed by atoms with E-state index in [0.717, 1.165) is 11.1 Å². The summed E-state index contributed by atoms with van der Waals surface area (Å²) in [7, 11) is 1.41. The van der Waals surface area contributed by atoms with Crippen LogP contribution in [0.15, 0.2) is 66.9 Å². The zero-order chi connectivity index (χ0) is 17.4. The van der Waals surface area contributed by atoms with Gasteiger partial charge in [-0.3, -0.25) is 0 Å². The number of hydrogen-bond donors (Lipinski definition) is 1. The fourth-order valence-electron chi connectivity index (χ4n) is 2.17. The van der Waals surface area contributed by atoms with Crippen LogP contribution in [0.5, 0.6) is 0 Å². The minimum Gasteiger partial charge on any atom is -0.503 e. The number of rotatable bonds is 6. The van der Waals surface area contributed by atoms with Crippen LogP contribution in [0.2, 0.25) is 0 Å². The summed E-state index contributed by atoms with van der Waals surface area (Å²) in [5.74, 6) is -1.35. The summed E-state index contributed by atoms with van der Waals surface area (Å²) in [5, 5.41) is 9.31. The van der Waals surface area contributed by atoms with Gasteiger partial charge in [-0.15, -0.1) is 0 Å². The van der Waals surface area contributed by atoms with Crippen molar-refractivity contribution in [3.8, 4) is 0 Å². The lowest BCUT2D eigenvalue weighted by Gasteiger charge is -2.06. The molecule has 2 rings (SSSR count). The van der Waals surface area contributed by atoms with E-state index >= 15 is 0 Å². The van der Waals surface area contributed by atoms with Crippen molar-refractivity contribution in [1.29, 1.82) is 0 Å². The number of aliphatic carboxylic acids is 1. The van der Waals surface area contributed by atoms with Crippen molar-refractivity contribution in [1.82, 2.24) is 0 Å². The Kier molecular flexibility index (Phi) is 6.08. The molecule has 1 N–H and O–H groups in total. The van der Waals surface area contributed by atoms with Crippen LogP contribution in [0, 0.1) is 5.82 Å². The highest BCUT2D eigenvalue weighted by Gasteiger charge is 2.13. The minimum absolute atomic E-state index is 0.0758. The molecular weight excluding hydrogens is 307 g/mol. The molecule has 2 aromatic carbocycles. The van der Waals surface area contributed by atoms with Gasteiger partial charge in [0.1, 0.15) is 11.4 Å². The third-order valence-corrected chi connectivity index (χ3v) is 3.24. The van der Waals surface area contributed by atoms with Gasteiger partial charge >= 0.3 is 5.97 Å². The molecule has 3 nitrogen and oxygen atoms in total. The highest BCUT2D eigenvalue weighted by Crippen LogP contribution is 2.21.